The third-order valence-corrected chi connectivity index (χ3v) is 3.42. The van der Waals surface area contributed by atoms with Crippen LogP contribution in [-0.4, -0.2) is 20.5 Å². The van der Waals surface area contributed by atoms with Crippen LogP contribution in [-0.2, 0) is 22.5 Å². The predicted octanol–water partition coefficient (Wildman–Crippen LogP) is 4.06. The predicted molar refractivity (Wildman–Crippen MR) is 87.9 cm³/mol. The summed E-state index contributed by atoms with van der Waals surface area (Å²) in [7, 11) is 1.66. The second-order valence-corrected chi connectivity index (χ2v) is 5.48. The molecule has 22 heavy (non-hydrogen) atoms. The van der Waals surface area contributed by atoms with Crippen molar-refractivity contribution in [3.8, 4) is 5.75 Å². The topological polar surface area (TPSA) is 27.7 Å². The monoisotopic (exact) mass is 300 g/mol. The zero-order valence-corrected chi connectivity index (χ0v) is 13.3. The molecule has 0 N–H and O–H groups in total. The van der Waals surface area contributed by atoms with E-state index in [2.05, 4.69) is 31.2 Å². The van der Waals surface area contributed by atoms with Crippen molar-refractivity contribution in [2.45, 2.75) is 20.0 Å². The minimum atomic E-state index is 0.325. The maximum atomic E-state index is 5.59. The molecule has 0 saturated carbocycles. The molecule has 2 aromatic carbocycles. The van der Waals surface area contributed by atoms with E-state index in [1.54, 1.807) is 7.11 Å². The van der Waals surface area contributed by atoms with Crippen molar-refractivity contribution in [3.05, 3.63) is 65.7 Å². The van der Waals surface area contributed by atoms with Gasteiger partial charge in [-0.1, -0.05) is 49.4 Å². The van der Waals surface area contributed by atoms with Gasteiger partial charge in [0.15, 0.2) is 0 Å². The Kier molecular flexibility index (Phi) is 6.94. The summed E-state index contributed by atoms with van der Waals surface area (Å²) in [6, 6.07) is 18.3. The van der Waals surface area contributed by atoms with Crippen LogP contribution in [0.15, 0.2) is 54.6 Å². The third kappa shape index (κ3) is 5.88. The molecule has 2 rings (SSSR count). The summed E-state index contributed by atoms with van der Waals surface area (Å²) in [5.74, 6) is 1.33. The Morgan fingerprint density at radius 2 is 1.59 bits per heavy atom. The van der Waals surface area contributed by atoms with Crippen molar-refractivity contribution < 1.29 is 14.2 Å². The number of methoxy groups -OCH3 is 1. The fourth-order valence-corrected chi connectivity index (χ4v) is 2.26. The first-order valence-electron chi connectivity index (χ1n) is 7.60. The molecule has 0 spiro atoms. The van der Waals surface area contributed by atoms with Crippen molar-refractivity contribution in [3.63, 3.8) is 0 Å². The van der Waals surface area contributed by atoms with Crippen molar-refractivity contribution in [2.24, 2.45) is 5.92 Å². The van der Waals surface area contributed by atoms with Gasteiger partial charge in [-0.15, -0.1) is 0 Å². The molecular formula is C19H24O3. The molecule has 0 amide bonds. The lowest BCUT2D eigenvalue weighted by Crippen LogP contribution is -2.11. The van der Waals surface area contributed by atoms with E-state index in [1.165, 1.54) is 5.56 Å². The quantitative estimate of drug-likeness (QED) is 0.516. The first-order valence-corrected chi connectivity index (χ1v) is 7.60. The lowest BCUT2D eigenvalue weighted by molar-refractivity contribution is -0.0701. The van der Waals surface area contributed by atoms with Gasteiger partial charge in [-0.3, -0.25) is 0 Å². The molecule has 2 aromatic rings. The van der Waals surface area contributed by atoms with Gasteiger partial charge in [-0.05, 0) is 35.6 Å². The molecule has 1 atom stereocenters. The number of hydrogen-bond acceptors (Lipinski definition) is 3. The average molecular weight is 300 g/mol. The zero-order chi connectivity index (χ0) is 15.6. The van der Waals surface area contributed by atoms with Gasteiger partial charge in [0, 0.05) is 0 Å². The molecule has 0 radical (unpaired) electrons. The molecular weight excluding hydrogens is 276 g/mol. The van der Waals surface area contributed by atoms with E-state index in [1.807, 2.05) is 30.3 Å². The highest BCUT2D eigenvalue weighted by atomic mass is 16.7. The smallest absolute Gasteiger partial charge is 0.147 e. The maximum absolute atomic E-state index is 5.59. The molecule has 0 unspecified atom stereocenters. The highest BCUT2D eigenvalue weighted by Crippen LogP contribution is 2.12. The Hall–Kier alpha value is -1.84. The summed E-state index contributed by atoms with van der Waals surface area (Å²) < 4.78 is 16.2. The molecule has 3 nitrogen and oxygen atoms in total. The molecule has 0 aromatic heterocycles. The standard InChI is InChI=1S/C19H24O3/c1-16(12-17-6-4-3-5-7-17)13-21-15-22-14-18-8-10-19(20-2)11-9-18/h3-11,16H,12-15H2,1-2H3/t16-/m1/s1. The van der Waals surface area contributed by atoms with E-state index in [0.29, 0.717) is 25.9 Å². The van der Waals surface area contributed by atoms with Crippen molar-refractivity contribution >= 4 is 0 Å². The van der Waals surface area contributed by atoms with Gasteiger partial charge < -0.3 is 14.2 Å². The zero-order valence-electron chi connectivity index (χ0n) is 13.3. The van der Waals surface area contributed by atoms with Crippen LogP contribution >= 0.6 is 0 Å². The third-order valence-electron chi connectivity index (χ3n) is 3.42. The van der Waals surface area contributed by atoms with E-state index >= 15 is 0 Å². The summed E-state index contributed by atoms with van der Waals surface area (Å²) in [5, 5.41) is 0. The van der Waals surface area contributed by atoms with Gasteiger partial charge in [0.25, 0.3) is 0 Å². The largest absolute Gasteiger partial charge is 0.497 e. The number of rotatable bonds is 9. The van der Waals surface area contributed by atoms with Crippen LogP contribution in [0, 0.1) is 5.92 Å². The lowest BCUT2D eigenvalue weighted by atomic mass is 10.0. The summed E-state index contributed by atoms with van der Waals surface area (Å²) >= 11 is 0. The molecule has 3 heteroatoms. The van der Waals surface area contributed by atoms with E-state index in [-0.39, 0.29) is 0 Å². The number of ether oxygens (including phenoxy) is 3. The van der Waals surface area contributed by atoms with Gasteiger partial charge in [0.05, 0.1) is 20.3 Å². The molecule has 0 aliphatic heterocycles. The van der Waals surface area contributed by atoms with Crippen molar-refractivity contribution in [2.75, 3.05) is 20.5 Å². The molecule has 0 heterocycles. The SMILES string of the molecule is COc1ccc(COCOC[C@H](C)Cc2ccccc2)cc1. The fraction of sp³-hybridized carbons (Fsp3) is 0.368. The second-order valence-electron chi connectivity index (χ2n) is 5.48. The lowest BCUT2D eigenvalue weighted by Gasteiger charge is -2.12. The summed E-state index contributed by atoms with van der Waals surface area (Å²) in [4.78, 5) is 0. The maximum Gasteiger partial charge on any atom is 0.147 e. The van der Waals surface area contributed by atoms with Crippen LogP contribution in [0.4, 0.5) is 0 Å². The summed E-state index contributed by atoms with van der Waals surface area (Å²) in [6.45, 7) is 3.77. The Labute approximate surface area is 132 Å². The van der Waals surface area contributed by atoms with Crippen LogP contribution in [0.2, 0.25) is 0 Å². The Bertz CT molecular complexity index is 522. The summed E-state index contributed by atoms with van der Waals surface area (Å²) in [5.41, 5.74) is 2.46. The molecule has 0 bridgehead atoms. The highest BCUT2D eigenvalue weighted by molar-refractivity contribution is 5.26. The van der Waals surface area contributed by atoms with E-state index in [4.69, 9.17) is 14.2 Å². The van der Waals surface area contributed by atoms with Crippen LogP contribution in [0.3, 0.4) is 0 Å². The minimum Gasteiger partial charge on any atom is -0.497 e. The van der Waals surface area contributed by atoms with Gasteiger partial charge in [0.2, 0.25) is 0 Å². The van der Waals surface area contributed by atoms with Crippen LogP contribution in [0.5, 0.6) is 5.75 Å². The van der Waals surface area contributed by atoms with Crippen LogP contribution in [0.25, 0.3) is 0 Å². The summed E-state index contributed by atoms with van der Waals surface area (Å²) in [6.07, 6.45) is 1.03. The van der Waals surface area contributed by atoms with Gasteiger partial charge in [0.1, 0.15) is 12.5 Å². The van der Waals surface area contributed by atoms with Gasteiger partial charge in [-0.25, -0.2) is 0 Å². The van der Waals surface area contributed by atoms with Crippen LogP contribution < -0.4 is 4.74 Å². The van der Waals surface area contributed by atoms with Gasteiger partial charge in [-0.2, -0.15) is 0 Å². The Morgan fingerprint density at radius 1 is 0.864 bits per heavy atom. The fourth-order valence-electron chi connectivity index (χ4n) is 2.26. The van der Waals surface area contributed by atoms with Crippen molar-refractivity contribution in [1.29, 1.82) is 0 Å². The average Bonchev–Trinajstić information content (AvgIpc) is 2.56. The molecule has 0 saturated heterocycles. The number of hydrogen-bond donors (Lipinski definition) is 0. The second kappa shape index (κ2) is 9.23. The van der Waals surface area contributed by atoms with E-state index in [9.17, 15) is 0 Å². The Morgan fingerprint density at radius 3 is 2.27 bits per heavy atom. The van der Waals surface area contributed by atoms with Crippen molar-refractivity contribution in [1.82, 2.24) is 0 Å². The highest BCUT2D eigenvalue weighted by Gasteiger charge is 2.03. The minimum absolute atomic E-state index is 0.325. The first-order chi connectivity index (χ1) is 10.8. The van der Waals surface area contributed by atoms with E-state index < -0.39 is 0 Å². The molecule has 0 aliphatic rings. The molecule has 0 fully saturated rings. The van der Waals surface area contributed by atoms with E-state index in [0.717, 1.165) is 17.7 Å². The molecule has 0 aliphatic carbocycles. The normalized spacial score (nSPS) is 12.1. The molecule has 118 valence electrons. The van der Waals surface area contributed by atoms with Gasteiger partial charge >= 0.3 is 0 Å². The first kappa shape index (κ1) is 16.5. The Balaban J connectivity index is 1.58. The van der Waals surface area contributed by atoms with Crippen LogP contribution in [0.1, 0.15) is 18.1 Å². The number of benzene rings is 2.